The molecule has 0 amide bonds. The number of hydrogen-bond acceptors (Lipinski definition) is 1. The molecule has 0 rings (SSSR count). The Kier molecular flexibility index (Phi) is 34.6. The highest BCUT2D eigenvalue weighted by Crippen LogP contribution is 1.85. The van der Waals surface area contributed by atoms with Gasteiger partial charge in [-0.1, -0.05) is 33.3 Å². The summed E-state index contributed by atoms with van der Waals surface area (Å²) in [5, 5.41) is 0. The molecule has 0 saturated heterocycles. The molecule has 0 spiro atoms. The van der Waals surface area contributed by atoms with E-state index in [-0.39, 0.29) is 0 Å². The molecule has 2 heteroatoms. The van der Waals surface area contributed by atoms with Gasteiger partial charge in [-0.3, -0.25) is 0 Å². The van der Waals surface area contributed by atoms with E-state index >= 15 is 0 Å². The third kappa shape index (κ3) is 46.5. The van der Waals surface area contributed by atoms with E-state index in [9.17, 15) is 0 Å². The lowest BCUT2D eigenvalue weighted by atomic mass is 10.4. The maximum Gasteiger partial charge on any atom is 0.0852 e. The van der Waals surface area contributed by atoms with Crippen LogP contribution in [0.4, 0.5) is 0 Å². The Balaban J connectivity index is -0.000000138. The first-order valence-electron chi connectivity index (χ1n) is 4.14. The van der Waals surface area contributed by atoms with E-state index in [2.05, 4.69) is 4.99 Å². The van der Waals surface area contributed by atoms with Gasteiger partial charge in [-0.15, -0.1) is 0 Å². The molecule has 0 aromatic heterocycles. The number of nitrogens with two attached hydrogens (primary N) is 1. The highest BCUT2D eigenvalue weighted by molar-refractivity contribution is 5.52. The normalized spacial score (nSPS) is 7.09. The summed E-state index contributed by atoms with van der Waals surface area (Å²) in [6, 6.07) is 0. The molecule has 0 heterocycles. The minimum atomic E-state index is 1.15. The summed E-state index contributed by atoms with van der Waals surface area (Å²) >= 11 is 0. The van der Waals surface area contributed by atoms with Crippen LogP contribution in [0.5, 0.6) is 0 Å². The molecule has 2 nitrogen and oxygen atoms in total. The van der Waals surface area contributed by atoms with E-state index in [4.69, 9.17) is 5.73 Å². The molecule has 0 saturated carbocycles. The highest BCUT2D eigenvalue weighted by atomic mass is 14.8. The molecule has 0 aromatic rings. The summed E-state index contributed by atoms with van der Waals surface area (Å²) < 4.78 is 0. The van der Waals surface area contributed by atoms with Crippen LogP contribution in [0.1, 0.15) is 41.5 Å². The van der Waals surface area contributed by atoms with Gasteiger partial charge in [0.2, 0.25) is 0 Å². The minimum absolute atomic E-state index is 1.15. The molecule has 2 N–H and O–H groups in total. The summed E-state index contributed by atoms with van der Waals surface area (Å²) in [5.74, 6) is 0. The Morgan fingerprint density at radius 2 is 1.45 bits per heavy atom. The fourth-order valence-electron chi connectivity index (χ4n) is 0.192. The lowest BCUT2D eigenvalue weighted by Gasteiger charge is -1.78. The molecule has 0 unspecified atom stereocenters. The summed E-state index contributed by atoms with van der Waals surface area (Å²) in [5.41, 5.74) is 6.09. The molecule has 0 atom stereocenters. The molecule has 11 heavy (non-hydrogen) atoms. The van der Waals surface area contributed by atoms with Crippen molar-refractivity contribution in [3.8, 4) is 0 Å². The van der Waals surface area contributed by atoms with Crippen molar-refractivity contribution in [2.24, 2.45) is 10.7 Å². The van der Waals surface area contributed by atoms with Gasteiger partial charge in [0.25, 0.3) is 0 Å². The largest absolute Gasteiger partial charge is 0.390 e. The van der Waals surface area contributed by atoms with Gasteiger partial charge in [-0.25, -0.2) is 4.99 Å². The third-order valence-electron chi connectivity index (χ3n) is 0.419. The van der Waals surface area contributed by atoms with Crippen molar-refractivity contribution in [1.29, 1.82) is 0 Å². The fourth-order valence-corrected chi connectivity index (χ4v) is 0.192. The lowest BCUT2D eigenvalue weighted by molar-refractivity contribution is 1.34. The second-order valence-electron chi connectivity index (χ2n) is 1.50. The monoisotopic (exact) mass is 158 g/mol. The standard InChI is InChI=1S/C5H10N2.2C2H6/c1-5(2)3-7-4-6;2*1-2/h3-4H,1-2H3,(H2,6,7);2*1-2H3. The predicted molar refractivity (Wildman–Crippen MR) is 54.8 cm³/mol. The summed E-state index contributed by atoms with van der Waals surface area (Å²) in [7, 11) is 0. The summed E-state index contributed by atoms with van der Waals surface area (Å²) in [6.45, 7) is 11.9. The van der Waals surface area contributed by atoms with Crippen LogP contribution in [-0.4, -0.2) is 6.34 Å². The number of nitrogens with zero attached hydrogens (tertiary/aromatic N) is 1. The number of allylic oxidation sites excluding steroid dienone is 1. The predicted octanol–water partition coefficient (Wildman–Crippen LogP) is 2.95. The van der Waals surface area contributed by atoms with E-state index in [0.29, 0.717) is 0 Å². The van der Waals surface area contributed by atoms with Crippen molar-refractivity contribution < 1.29 is 0 Å². The Morgan fingerprint density at radius 3 is 1.55 bits per heavy atom. The van der Waals surface area contributed by atoms with Gasteiger partial charge in [0, 0.05) is 6.20 Å². The average Bonchev–Trinajstić information content (AvgIpc) is 2.08. The number of hydrogen-bond donors (Lipinski definition) is 1. The van der Waals surface area contributed by atoms with Gasteiger partial charge >= 0.3 is 0 Å². The van der Waals surface area contributed by atoms with Gasteiger partial charge in [0.05, 0.1) is 6.34 Å². The van der Waals surface area contributed by atoms with Crippen LogP contribution in [0.25, 0.3) is 0 Å². The van der Waals surface area contributed by atoms with Gasteiger partial charge in [-0.05, 0) is 13.8 Å². The zero-order valence-corrected chi connectivity index (χ0v) is 8.68. The number of rotatable bonds is 1. The quantitative estimate of drug-likeness (QED) is 0.462. The van der Waals surface area contributed by atoms with Crippen LogP contribution < -0.4 is 5.73 Å². The minimum Gasteiger partial charge on any atom is -0.390 e. The maximum absolute atomic E-state index is 4.94. The van der Waals surface area contributed by atoms with Crippen molar-refractivity contribution in [1.82, 2.24) is 0 Å². The Bertz CT molecular complexity index is 89.7. The number of aliphatic imine (C=N–C) groups is 1. The average molecular weight is 158 g/mol. The Hall–Kier alpha value is -0.790. The molecule has 0 fully saturated rings. The molecule has 0 aliphatic heterocycles. The van der Waals surface area contributed by atoms with E-state index in [1.54, 1.807) is 6.20 Å². The van der Waals surface area contributed by atoms with Gasteiger partial charge in [0.15, 0.2) is 0 Å². The first-order chi connectivity index (χ1) is 5.27. The zero-order valence-electron chi connectivity index (χ0n) is 8.68. The zero-order chi connectivity index (χ0) is 9.70. The molecule has 0 aliphatic rings. The van der Waals surface area contributed by atoms with Gasteiger partial charge < -0.3 is 5.73 Å². The fraction of sp³-hybridized carbons (Fsp3) is 0.667. The SMILES string of the molecule is CC.CC.CC(C)=CN=CN. The van der Waals surface area contributed by atoms with E-state index in [1.807, 2.05) is 41.5 Å². The van der Waals surface area contributed by atoms with E-state index < -0.39 is 0 Å². The smallest absolute Gasteiger partial charge is 0.0852 e. The van der Waals surface area contributed by atoms with Gasteiger partial charge in [-0.2, -0.15) is 0 Å². The summed E-state index contributed by atoms with van der Waals surface area (Å²) in [6.07, 6.45) is 2.98. The molecular formula is C9H22N2. The third-order valence-corrected chi connectivity index (χ3v) is 0.419. The van der Waals surface area contributed by atoms with E-state index in [1.165, 1.54) is 6.34 Å². The van der Waals surface area contributed by atoms with Crippen LogP contribution in [0.3, 0.4) is 0 Å². The van der Waals surface area contributed by atoms with Crippen molar-refractivity contribution in [3.05, 3.63) is 11.8 Å². The summed E-state index contributed by atoms with van der Waals surface area (Å²) in [4.78, 5) is 3.66. The Labute approximate surface area is 71.2 Å². The van der Waals surface area contributed by atoms with Crippen molar-refractivity contribution in [2.75, 3.05) is 0 Å². The molecule has 0 bridgehead atoms. The maximum atomic E-state index is 4.94. The lowest BCUT2D eigenvalue weighted by Crippen LogP contribution is -1.85. The van der Waals surface area contributed by atoms with Crippen LogP contribution in [0.2, 0.25) is 0 Å². The second kappa shape index (κ2) is 22.9. The van der Waals surface area contributed by atoms with Crippen molar-refractivity contribution >= 4 is 6.34 Å². The molecule has 68 valence electrons. The first-order valence-corrected chi connectivity index (χ1v) is 4.14. The van der Waals surface area contributed by atoms with Crippen molar-refractivity contribution in [2.45, 2.75) is 41.5 Å². The molecular weight excluding hydrogens is 136 g/mol. The van der Waals surface area contributed by atoms with Crippen LogP contribution in [-0.2, 0) is 0 Å². The first kappa shape index (κ1) is 16.7. The Morgan fingerprint density at radius 1 is 1.09 bits per heavy atom. The molecule has 0 aromatic carbocycles. The van der Waals surface area contributed by atoms with Gasteiger partial charge in [0.1, 0.15) is 0 Å². The highest BCUT2D eigenvalue weighted by Gasteiger charge is 1.66. The molecule has 0 aliphatic carbocycles. The second-order valence-corrected chi connectivity index (χ2v) is 1.50. The van der Waals surface area contributed by atoms with Crippen LogP contribution >= 0.6 is 0 Å². The topological polar surface area (TPSA) is 38.4 Å². The molecule has 0 radical (unpaired) electrons. The van der Waals surface area contributed by atoms with Crippen molar-refractivity contribution in [3.63, 3.8) is 0 Å². The van der Waals surface area contributed by atoms with E-state index in [0.717, 1.165) is 5.57 Å². The van der Waals surface area contributed by atoms with Crippen LogP contribution in [0, 0.1) is 0 Å². The van der Waals surface area contributed by atoms with Crippen LogP contribution in [0.15, 0.2) is 16.8 Å².